The Bertz CT molecular complexity index is 627. The van der Waals surface area contributed by atoms with Gasteiger partial charge in [0.2, 0.25) is 0 Å². The van der Waals surface area contributed by atoms with E-state index < -0.39 is 27.4 Å². The van der Waals surface area contributed by atoms with Crippen molar-refractivity contribution in [2.45, 2.75) is 37.9 Å². The zero-order valence-electron chi connectivity index (χ0n) is 11.6. The van der Waals surface area contributed by atoms with E-state index in [1.165, 1.54) is 0 Å². The first-order valence-electron chi connectivity index (χ1n) is 6.25. The van der Waals surface area contributed by atoms with Crippen molar-refractivity contribution in [2.24, 2.45) is 5.14 Å². The first-order valence-corrected chi connectivity index (χ1v) is 7.47. The van der Waals surface area contributed by atoms with Crippen LogP contribution in [0.4, 0.5) is 8.78 Å². The number of nitrogens with two attached hydrogens (primary N) is 1. The van der Waals surface area contributed by atoms with Crippen molar-refractivity contribution in [3.8, 4) is 0 Å². The summed E-state index contributed by atoms with van der Waals surface area (Å²) in [6.45, 7) is 5.52. The number of hydrogen-bond donors (Lipinski definition) is 1. The smallest absolute Gasteiger partial charge is 0.162 e. The second-order valence-corrected chi connectivity index (χ2v) is 7.32. The van der Waals surface area contributed by atoms with Crippen molar-refractivity contribution in [1.82, 2.24) is 0 Å². The molecule has 2 atom stereocenters. The summed E-state index contributed by atoms with van der Waals surface area (Å²) in [5.74, 6) is -1.30. The highest BCUT2D eigenvalue weighted by Gasteiger charge is 2.28. The molecule has 0 radical (unpaired) electrons. The van der Waals surface area contributed by atoms with E-state index in [0.29, 0.717) is 23.2 Å². The Hall–Kier alpha value is -1.27. The molecule has 2 N–H and O–H groups in total. The minimum atomic E-state index is -1.46. The van der Waals surface area contributed by atoms with Crippen LogP contribution in [0.25, 0.3) is 11.0 Å². The monoisotopic (exact) mass is 301 g/mol. The summed E-state index contributed by atoms with van der Waals surface area (Å²) in [4.78, 5) is 0. The molecule has 0 bridgehead atoms. The molecule has 20 heavy (non-hydrogen) atoms. The number of hydrogen-bond acceptors (Lipinski definition) is 2. The van der Waals surface area contributed by atoms with Gasteiger partial charge in [0.1, 0.15) is 11.3 Å². The maximum absolute atomic E-state index is 13.2. The van der Waals surface area contributed by atoms with Gasteiger partial charge >= 0.3 is 0 Å². The van der Waals surface area contributed by atoms with E-state index in [2.05, 4.69) is 0 Å². The van der Waals surface area contributed by atoms with E-state index in [-0.39, 0.29) is 5.92 Å². The summed E-state index contributed by atoms with van der Waals surface area (Å²) in [5.41, 5.74) is 0.303. The molecule has 1 aromatic carbocycles. The van der Waals surface area contributed by atoms with Gasteiger partial charge in [-0.25, -0.2) is 13.0 Å². The first kappa shape index (κ1) is 15.1. The lowest BCUT2D eigenvalue weighted by Crippen LogP contribution is -2.33. The number of benzene rings is 1. The molecular formula is C14H17F2NO2S. The van der Waals surface area contributed by atoms with Gasteiger partial charge in [0.05, 0.1) is 15.7 Å². The molecular weight excluding hydrogens is 284 g/mol. The van der Waals surface area contributed by atoms with Gasteiger partial charge in [0.15, 0.2) is 11.6 Å². The minimum Gasteiger partial charge on any atom is -0.461 e. The normalized spacial score (nSPS) is 15.5. The van der Waals surface area contributed by atoms with Crippen LogP contribution < -0.4 is 5.14 Å². The topological polar surface area (TPSA) is 56.2 Å². The summed E-state index contributed by atoms with van der Waals surface area (Å²) in [6, 6.07) is 3.82. The Morgan fingerprint density at radius 3 is 2.50 bits per heavy atom. The molecule has 2 aromatic rings. The van der Waals surface area contributed by atoms with E-state index in [9.17, 15) is 13.0 Å². The molecule has 0 spiro atoms. The van der Waals surface area contributed by atoms with Gasteiger partial charge in [-0.1, -0.05) is 6.92 Å². The number of fused-ring (bicyclic) bond motifs is 1. The van der Waals surface area contributed by atoms with Gasteiger partial charge in [0.25, 0.3) is 0 Å². The van der Waals surface area contributed by atoms with Crippen LogP contribution in [0.15, 0.2) is 22.6 Å². The van der Waals surface area contributed by atoms with Crippen LogP contribution in [-0.2, 0) is 11.0 Å². The Labute approximate surface area is 118 Å². The van der Waals surface area contributed by atoms with E-state index in [0.717, 1.165) is 12.1 Å². The number of rotatable bonds is 4. The van der Waals surface area contributed by atoms with Crippen molar-refractivity contribution < 1.29 is 17.4 Å². The van der Waals surface area contributed by atoms with Crippen molar-refractivity contribution in [3.05, 3.63) is 35.6 Å². The van der Waals surface area contributed by atoms with Crippen molar-refractivity contribution in [2.75, 3.05) is 0 Å². The van der Waals surface area contributed by atoms with E-state index in [1.807, 2.05) is 20.8 Å². The summed E-state index contributed by atoms with van der Waals surface area (Å²) in [6.07, 6.45) is 0.543. The molecule has 0 aliphatic heterocycles. The highest BCUT2D eigenvalue weighted by atomic mass is 32.2. The molecule has 3 nitrogen and oxygen atoms in total. The van der Waals surface area contributed by atoms with Gasteiger partial charge in [-0.05, 0) is 32.4 Å². The molecule has 0 saturated carbocycles. The lowest BCUT2D eigenvalue weighted by molar-refractivity contribution is 0.452. The average Bonchev–Trinajstić information content (AvgIpc) is 2.72. The lowest BCUT2D eigenvalue weighted by atomic mass is 9.96. The van der Waals surface area contributed by atoms with Crippen LogP contribution in [0.1, 0.15) is 38.9 Å². The van der Waals surface area contributed by atoms with Gasteiger partial charge in [-0.15, -0.1) is 0 Å². The van der Waals surface area contributed by atoms with E-state index in [1.54, 1.807) is 6.07 Å². The predicted octanol–water partition coefficient (Wildman–Crippen LogP) is 3.61. The molecule has 0 aliphatic carbocycles. The SMILES string of the molecule is C[C@H](CC(C)(C)S(N)=O)c1cc2cc(F)c(F)cc2o1. The van der Waals surface area contributed by atoms with Crippen LogP contribution in [0.2, 0.25) is 0 Å². The van der Waals surface area contributed by atoms with Crippen LogP contribution in [0.3, 0.4) is 0 Å². The zero-order valence-corrected chi connectivity index (χ0v) is 12.4. The van der Waals surface area contributed by atoms with Gasteiger partial charge in [-0.3, -0.25) is 5.14 Å². The van der Waals surface area contributed by atoms with Crippen LogP contribution in [0.5, 0.6) is 0 Å². The zero-order chi connectivity index (χ0) is 15.1. The molecule has 0 saturated heterocycles. The van der Waals surface area contributed by atoms with Crippen molar-refractivity contribution in [1.29, 1.82) is 0 Å². The average molecular weight is 301 g/mol. The molecule has 1 unspecified atom stereocenters. The summed E-state index contributed by atoms with van der Waals surface area (Å²) in [7, 11) is -1.46. The van der Waals surface area contributed by atoms with Gasteiger partial charge in [0, 0.05) is 17.4 Å². The molecule has 0 aliphatic rings. The third-order valence-electron chi connectivity index (χ3n) is 3.41. The quantitative estimate of drug-likeness (QED) is 0.938. The minimum absolute atomic E-state index is 0.0592. The molecule has 0 amide bonds. The predicted molar refractivity (Wildman–Crippen MR) is 75.6 cm³/mol. The Morgan fingerprint density at radius 1 is 1.30 bits per heavy atom. The number of furan rings is 1. The molecule has 6 heteroatoms. The van der Waals surface area contributed by atoms with Crippen LogP contribution in [0, 0.1) is 11.6 Å². The summed E-state index contributed by atoms with van der Waals surface area (Å²) >= 11 is 0. The fraction of sp³-hybridized carbons (Fsp3) is 0.429. The van der Waals surface area contributed by atoms with E-state index >= 15 is 0 Å². The van der Waals surface area contributed by atoms with Gasteiger partial charge in [-0.2, -0.15) is 0 Å². The number of halogens is 2. The van der Waals surface area contributed by atoms with Crippen LogP contribution in [-0.4, -0.2) is 8.96 Å². The second kappa shape index (κ2) is 5.26. The fourth-order valence-electron chi connectivity index (χ4n) is 2.22. The first-order chi connectivity index (χ1) is 9.20. The fourth-order valence-corrected chi connectivity index (χ4v) is 2.63. The Balaban J connectivity index is 2.31. The highest BCUT2D eigenvalue weighted by molar-refractivity contribution is 7.84. The third-order valence-corrected chi connectivity index (χ3v) is 4.66. The maximum Gasteiger partial charge on any atom is 0.162 e. The highest BCUT2D eigenvalue weighted by Crippen LogP contribution is 2.32. The third kappa shape index (κ3) is 2.91. The molecule has 110 valence electrons. The Morgan fingerprint density at radius 2 is 1.90 bits per heavy atom. The molecule has 2 rings (SSSR count). The van der Waals surface area contributed by atoms with E-state index in [4.69, 9.17) is 9.56 Å². The van der Waals surface area contributed by atoms with Crippen molar-refractivity contribution in [3.63, 3.8) is 0 Å². The summed E-state index contributed by atoms with van der Waals surface area (Å²) < 4.78 is 42.7. The summed E-state index contributed by atoms with van der Waals surface area (Å²) in [5, 5.41) is 5.97. The Kier molecular flexibility index (Phi) is 3.97. The molecule has 1 heterocycles. The second-order valence-electron chi connectivity index (χ2n) is 5.62. The van der Waals surface area contributed by atoms with Crippen LogP contribution >= 0.6 is 0 Å². The maximum atomic E-state index is 13.2. The van der Waals surface area contributed by atoms with Gasteiger partial charge < -0.3 is 4.42 Å². The molecule has 1 aromatic heterocycles. The lowest BCUT2D eigenvalue weighted by Gasteiger charge is -2.23. The standard InChI is InChI=1S/C14H17F2NO2S/c1-8(7-14(2,3)20(17)18)12-5-9-4-10(15)11(16)6-13(9)19-12/h4-6,8H,7,17H2,1-3H3/t8-,20?/m1/s1. The molecule has 0 fully saturated rings. The largest absolute Gasteiger partial charge is 0.461 e. The van der Waals surface area contributed by atoms with Crippen molar-refractivity contribution >= 4 is 22.0 Å².